The fraction of sp³-hybridized carbons (Fsp3) is 0.167. The molecule has 3 amide bonds. The molecule has 0 aromatic heterocycles. The summed E-state index contributed by atoms with van der Waals surface area (Å²) in [5.41, 5.74) is 1.23. The van der Waals surface area contributed by atoms with Gasteiger partial charge in [0, 0.05) is 12.1 Å². The molecule has 1 N–H and O–H groups in total. The van der Waals surface area contributed by atoms with Crippen molar-refractivity contribution in [2.45, 2.75) is 13.3 Å². The zero-order valence-corrected chi connectivity index (χ0v) is 13.8. The van der Waals surface area contributed by atoms with Crippen LogP contribution in [0.25, 0.3) is 0 Å². The van der Waals surface area contributed by atoms with Crippen molar-refractivity contribution >= 4 is 35.0 Å². The van der Waals surface area contributed by atoms with Gasteiger partial charge in [0.2, 0.25) is 0 Å². The summed E-state index contributed by atoms with van der Waals surface area (Å²) >= 11 is 6.18. The van der Waals surface area contributed by atoms with E-state index >= 15 is 0 Å². The van der Waals surface area contributed by atoms with Crippen LogP contribution in [0.1, 0.15) is 44.4 Å². The summed E-state index contributed by atoms with van der Waals surface area (Å²) in [4.78, 5) is 38.3. The lowest BCUT2D eigenvalue weighted by molar-refractivity contribution is 0.0919. The molecule has 0 spiro atoms. The van der Waals surface area contributed by atoms with Crippen LogP contribution in [0, 0.1) is 0 Å². The van der Waals surface area contributed by atoms with Gasteiger partial charge in [0.15, 0.2) is 0 Å². The van der Waals surface area contributed by atoms with E-state index in [9.17, 15) is 14.4 Å². The highest BCUT2D eigenvalue weighted by atomic mass is 35.5. The second-order valence-electron chi connectivity index (χ2n) is 5.41. The van der Waals surface area contributed by atoms with Crippen LogP contribution in [0.15, 0.2) is 42.5 Å². The number of carbonyl (C=O) groups is 3. The molecular weight excluding hydrogens is 328 g/mol. The van der Waals surface area contributed by atoms with E-state index in [0.717, 1.165) is 11.3 Å². The molecule has 0 aliphatic carbocycles. The first-order valence-electron chi connectivity index (χ1n) is 7.60. The summed E-state index contributed by atoms with van der Waals surface area (Å²) in [6.07, 6.45) is 0.810. The molecule has 122 valence electrons. The number of benzene rings is 2. The van der Waals surface area contributed by atoms with E-state index in [1.54, 1.807) is 30.3 Å². The summed E-state index contributed by atoms with van der Waals surface area (Å²) in [5, 5.41) is 2.99. The molecule has 24 heavy (non-hydrogen) atoms. The summed E-state index contributed by atoms with van der Waals surface area (Å²) in [6, 6.07) is 11.1. The molecule has 2 aromatic carbocycles. The van der Waals surface area contributed by atoms with E-state index in [0.29, 0.717) is 23.2 Å². The lowest BCUT2D eigenvalue weighted by Crippen LogP contribution is -2.30. The molecule has 1 aliphatic heterocycles. The van der Waals surface area contributed by atoms with Crippen molar-refractivity contribution in [1.82, 2.24) is 5.32 Å². The van der Waals surface area contributed by atoms with Gasteiger partial charge < -0.3 is 5.32 Å². The SMILES string of the molecule is CCCNC(=O)c1ccc(Cl)c(N2C(=O)c3ccccc3C2=O)c1. The zero-order chi connectivity index (χ0) is 17.3. The maximum Gasteiger partial charge on any atom is 0.266 e. The number of nitrogens with zero attached hydrogens (tertiary/aromatic N) is 1. The van der Waals surface area contributed by atoms with E-state index in [4.69, 9.17) is 11.6 Å². The average molecular weight is 343 g/mol. The number of hydrogen-bond donors (Lipinski definition) is 1. The number of halogens is 1. The third-order valence-electron chi connectivity index (χ3n) is 3.78. The summed E-state index contributed by atoms with van der Waals surface area (Å²) in [5.74, 6) is -1.15. The van der Waals surface area contributed by atoms with Crippen LogP contribution in [-0.2, 0) is 0 Å². The van der Waals surface area contributed by atoms with Crippen LogP contribution in [0.3, 0.4) is 0 Å². The highest BCUT2D eigenvalue weighted by molar-refractivity contribution is 6.40. The molecule has 0 unspecified atom stereocenters. The number of amides is 3. The fourth-order valence-electron chi connectivity index (χ4n) is 2.57. The summed E-state index contributed by atoms with van der Waals surface area (Å²) in [6.45, 7) is 2.50. The largest absolute Gasteiger partial charge is 0.352 e. The van der Waals surface area contributed by atoms with Gasteiger partial charge >= 0.3 is 0 Å². The molecule has 0 saturated carbocycles. The van der Waals surface area contributed by atoms with Crippen molar-refractivity contribution in [3.05, 3.63) is 64.2 Å². The Hall–Kier alpha value is -2.66. The Balaban J connectivity index is 2.00. The molecule has 1 aliphatic rings. The first-order chi connectivity index (χ1) is 11.5. The van der Waals surface area contributed by atoms with Crippen LogP contribution >= 0.6 is 11.6 Å². The van der Waals surface area contributed by atoms with Gasteiger partial charge in [-0.2, -0.15) is 0 Å². The van der Waals surface area contributed by atoms with Crippen LogP contribution in [0.2, 0.25) is 5.02 Å². The normalized spacial score (nSPS) is 13.2. The Morgan fingerprint density at radius 2 is 1.71 bits per heavy atom. The van der Waals surface area contributed by atoms with E-state index < -0.39 is 11.8 Å². The third-order valence-corrected chi connectivity index (χ3v) is 4.10. The van der Waals surface area contributed by atoms with E-state index in [1.807, 2.05) is 6.92 Å². The first kappa shape index (κ1) is 16.2. The molecule has 0 bridgehead atoms. The van der Waals surface area contributed by atoms with Crippen molar-refractivity contribution in [2.24, 2.45) is 0 Å². The van der Waals surface area contributed by atoms with Gasteiger partial charge in [-0.25, -0.2) is 4.90 Å². The van der Waals surface area contributed by atoms with Crippen LogP contribution in [0.5, 0.6) is 0 Å². The molecule has 0 atom stereocenters. The van der Waals surface area contributed by atoms with Gasteiger partial charge in [-0.3, -0.25) is 14.4 Å². The van der Waals surface area contributed by atoms with Gasteiger partial charge in [-0.1, -0.05) is 30.7 Å². The number of fused-ring (bicyclic) bond motifs is 1. The van der Waals surface area contributed by atoms with Crippen LogP contribution in [-0.4, -0.2) is 24.3 Å². The Bertz CT molecular complexity index is 813. The summed E-state index contributed by atoms with van der Waals surface area (Å²) in [7, 11) is 0. The van der Waals surface area contributed by atoms with E-state index in [-0.39, 0.29) is 16.6 Å². The zero-order valence-electron chi connectivity index (χ0n) is 13.0. The molecular formula is C18H15ClN2O3. The minimum Gasteiger partial charge on any atom is -0.352 e. The first-order valence-corrected chi connectivity index (χ1v) is 7.98. The number of carbonyl (C=O) groups excluding carboxylic acids is 3. The highest BCUT2D eigenvalue weighted by Gasteiger charge is 2.37. The molecule has 6 heteroatoms. The number of rotatable bonds is 4. The van der Waals surface area contributed by atoms with Crippen LogP contribution < -0.4 is 10.2 Å². The van der Waals surface area contributed by atoms with Gasteiger partial charge in [0.05, 0.1) is 21.8 Å². The molecule has 0 saturated heterocycles. The van der Waals surface area contributed by atoms with Crippen molar-refractivity contribution < 1.29 is 14.4 Å². The standard InChI is InChI=1S/C18H15ClN2O3/c1-2-9-20-16(22)11-7-8-14(19)15(10-11)21-17(23)12-5-3-4-6-13(12)18(21)24/h3-8,10H,2,9H2,1H3,(H,20,22). The van der Waals surface area contributed by atoms with Crippen molar-refractivity contribution in [3.63, 3.8) is 0 Å². The smallest absolute Gasteiger partial charge is 0.266 e. The quantitative estimate of drug-likeness (QED) is 0.867. The Morgan fingerprint density at radius 3 is 2.29 bits per heavy atom. The van der Waals surface area contributed by atoms with E-state index in [1.165, 1.54) is 12.1 Å². The lowest BCUT2D eigenvalue weighted by Gasteiger charge is -2.16. The summed E-state index contributed by atoms with van der Waals surface area (Å²) < 4.78 is 0. The molecule has 5 nitrogen and oxygen atoms in total. The second-order valence-corrected chi connectivity index (χ2v) is 5.82. The topological polar surface area (TPSA) is 66.5 Å². The predicted molar refractivity (Wildman–Crippen MR) is 91.7 cm³/mol. The number of anilines is 1. The van der Waals surface area contributed by atoms with Crippen LogP contribution in [0.4, 0.5) is 5.69 Å². The third kappa shape index (κ3) is 2.67. The molecule has 1 heterocycles. The maximum absolute atomic E-state index is 12.6. The lowest BCUT2D eigenvalue weighted by atomic mass is 10.1. The van der Waals surface area contributed by atoms with Gasteiger partial charge in [0.25, 0.3) is 17.7 Å². The second kappa shape index (κ2) is 6.45. The Morgan fingerprint density at radius 1 is 1.08 bits per heavy atom. The fourth-order valence-corrected chi connectivity index (χ4v) is 2.78. The minimum absolute atomic E-state index is 0.215. The Labute approximate surface area is 144 Å². The molecule has 0 radical (unpaired) electrons. The van der Waals surface area contributed by atoms with Gasteiger partial charge in [-0.15, -0.1) is 0 Å². The average Bonchev–Trinajstić information content (AvgIpc) is 2.85. The Kier molecular flexibility index (Phi) is 4.36. The highest BCUT2D eigenvalue weighted by Crippen LogP contribution is 2.33. The monoisotopic (exact) mass is 342 g/mol. The van der Waals surface area contributed by atoms with Crippen molar-refractivity contribution in [1.29, 1.82) is 0 Å². The number of hydrogen-bond acceptors (Lipinski definition) is 3. The maximum atomic E-state index is 12.6. The molecule has 0 fully saturated rings. The van der Waals surface area contributed by atoms with Gasteiger partial charge in [0.1, 0.15) is 0 Å². The van der Waals surface area contributed by atoms with Crippen molar-refractivity contribution in [3.8, 4) is 0 Å². The predicted octanol–water partition coefficient (Wildman–Crippen LogP) is 3.28. The van der Waals surface area contributed by atoms with E-state index in [2.05, 4.69) is 5.32 Å². The van der Waals surface area contributed by atoms with Gasteiger partial charge in [-0.05, 0) is 36.8 Å². The minimum atomic E-state index is -0.441. The molecule has 3 rings (SSSR count). The van der Waals surface area contributed by atoms with Crippen molar-refractivity contribution in [2.75, 3.05) is 11.4 Å². The number of imide groups is 1. The number of nitrogens with one attached hydrogen (secondary N) is 1. The molecule has 2 aromatic rings.